The minimum absolute atomic E-state index is 0.0770. The van der Waals surface area contributed by atoms with E-state index in [2.05, 4.69) is 0 Å². The number of thioether (sulfide) groups is 1. The van der Waals surface area contributed by atoms with E-state index < -0.39 is 0 Å². The number of ether oxygens (including phenoxy) is 1. The van der Waals surface area contributed by atoms with Crippen molar-refractivity contribution in [3.05, 3.63) is 0 Å². The lowest BCUT2D eigenvalue weighted by atomic mass is 9.72. The van der Waals surface area contributed by atoms with E-state index in [1.807, 2.05) is 11.8 Å². The lowest BCUT2D eigenvalue weighted by Gasteiger charge is -2.44. The fraction of sp³-hybridized carbons (Fsp3) is 0.929. The summed E-state index contributed by atoms with van der Waals surface area (Å²) in [5.74, 6) is 3.72. The Hall–Kier alpha value is -0.0200. The van der Waals surface area contributed by atoms with Crippen LogP contribution in [-0.2, 0) is 9.53 Å². The van der Waals surface area contributed by atoms with Gasteiger partial charge in [-0.3, -0.25) is 4.79 Å². The van der Waals surface area contributed by atoms with Crippen molar-refractivity contribution >= 4 is 17.5 Å². The summed E-state index contributed by atoms with van der Waals surface area (Å²) in [4.78, 5) is 12.3. The molecule has 1 saturated carbocycles. The van der Waals surface area contributed by atoms with Crippen LogP contribution in [0.3, 0.4) is 0 Å². The van der Waals surface area contributed by atoms with Crippen LogP contribution in [-0.4, -0.2) is 29.5 Å². The van der Waals surface area contributed by atoms with Gasteiger partial charge in [0.2, 0.25) is 0 Å². The first-order valence-corrected chi connectivity index (χ1v) is 8.20. The largest absolute Gasteiger partial charge is 0.375 e. The third-order valence-corrected chi connectivity index (χ3v) is 5.79. The predicted octanol–water partition coefficient (Wildman–Crippen LogP) is 3.05. The summed E-state index contributed by atoms with van der Waals surface area (Å²) in [5.41, 5.74) is 0.0770. The number of hydrogen-bond acceptors (Lipinski definition) is 3. The Bertz CT molecular complexity index is 287. The molecule has 0 aromatic rings. The summed E-state index contributed by atoms with van der Waals surface area (Å²) in [5, 5.41) is 0. The molecular weight excluding hydrogens is 232 g/mol. The summed E-state index contributed by atoms with van der Waals surface area (Å²) in [6.45, 7) is 0.813. The summed E-state index contributed by atoms with van der Waals surface area (Å²) >= 11 is 2.03. The molecule has 0 N–H and O–H groups in total. The van der Waals surface area contributed by atoms with E-state index in [-0.39, 0.29) is 5.60 Å². The average Bonchev–Trinajstić information content (AvgIpc) is 2.28. The van der Waals surface area contributed by atoms with Crippen LogP contribution in [0.25, 0.3) is 0 Å². The van der Waals surface area contributed by atoms with Crippen molar-refractivity contribution in [2.75, 3.05) is 18.1 Å². The topological polar surface area (TPSA) is 26.3 Å². The van der Waals surface area contributed by atoms with Crippen molar-refractivity contribution in [1.82, 2.24) is 0 Å². The molecule has 0 bridgehead atoms. The molecule has 2 nitrogen and oxygen atoms in total. The molecule has 3 aliphatic rings. The second-order valence-corrected chi connectivity index (χ2v) is 7.09. The molecule has 96 valence electrons. The summed E-state index contributed by atoms with van der Waals surface area (Å²) in [6.07, 6.45) is 7.88. The molecule has 3 fully saturated rings. The summed E-state index contributed by atoms with van der Waals surface area (Å²) < 4.78 is 6.05. The van der Waals surface area contributed by atoms with Gasteiger partial charge in [0, 0.05) is 18.4 Å². The van der Waals surface area contributed by atoms with Crippen LogP contribution in [0.2, 0.25) is 0 Å². The van der Waals surface area contributed by atoms with Crippen LogP contribution >= 0.6 is 11.8 Å². The number of rotatable bonds is 2. The van der Waals surface area contributed by atoms with Gasteiger partial charge in [0.25, 0.3) is 0 Å². The Morgan fingerprint density at radius 2 is 1.88 bits per heavy atom. The summed E-state index contributed by atoms with van der Waals surface area (Å²) in [7, 11) is 0. The second kappa shape index (κ2) is 4.93. The smallest absolute Gasteiger partial charge is 0.139 e. The van der Waals surface area contributed by atoms with Gasteiger partial charge in [0.1, 0.15) is 5.78 Å². The Morgan fingerprint density at radius 1 is 1.12 bits per heavy atom. The minimum Gasteiger partial charge on any atom is -0.375 e. The molecule has 2 saturated heterocycles. The van der Waals surface area contributed by atoms with Gasteiger partial charge in [0.05, 0.1) is 5.60 Å². The van der Waals surface area contributed by atoms with E-state index in [4.69, 9.17) is 4.74 Å². The molecular formula is C14H22O2S. The maximum atomic E-state index is 12.3. The van der Waals surface area contributed by atoms with Gasteiger partial charge in [-0.1, -0.05) is 6.42 Å². The van der Waals surface area contributed by atoms with Crippen molar-refractivity contribution in [3.8, 4) is 0 Å². The Balaban J connectivity index is 1.64. The van der Waals surface area contributed by atoms with Crippen molar-refractivity contribution in [2.45, 2.75) is 50.5 Å². The molecule has 1 atom stereocenters. The highest BCUT2D eigenvalue weighted by Crippen LogP contribution is 2.42. The zero-order valence-electron chi connectivity index (χ0n) is 10.5. The van der Waals surface area contributed by atoms with Crippen LogP contribution in [0, 0.1) is 11.8 Å². The number of Topliss-reactive ketones (excluding diaryl/α,β-unsaturated/α-hetero) is 1. The van der Waals surface area contributed by atoms with E-state index in [0.29, 0.717) is 17.6 Å². The van der Waals surface area contributed by atoms with Crippen molar-refractivity contribution in [3.63, 3.8) is 0 Å². The predicted molar refractivity (Wildman–Crippen MR) is 70.3 cm³/mol. The molecule has 2 aliphatic heterocycles. The molecule has 0 aromatic carbocycles. The van der Waals surface area contributed by atoms with E-state index in [1.165, 1.54) is 17.9 Å². The first-order valence-electron chi connectivity index (χ1n) is 7.05. The lowest BCUT2D eigenvalue weighted by molar-refractivity contribution is -0.144. The van der Waals surface area contributed by atoms with Gasteiger partial charge in [-0.25, -0.2) is 0 Å². The van der Waals surface area contributed by atoms with Gasteiger partial charge in [0.15, 0.2) is 0 Å². The summed E-state index contributed by atoms with van der Waals surface area (Å²) in [6, 6.07) is 0. The average molecular weight is 254 g/mol. The maximum Gasteiger partial charge on any atom is 0.139 e. The molecule has 0 radical (unpaired) electrons. The SMILES string of the molecule is O=C(C1CCC1)C1CCOC2(CCSCC2)C1. The molecule has 0 aromatic heterocycles. The van der Waals surface area contributed by atoms with E-state index in [1.54, 1.807) is 0 Å². The van der Waals surface area contributed by atoms with E-state index in [9.17, 15) is 4.79 Å². The number of hydrogen-bond donors (Lipinski definition) is 0. The fourth-order valence-corrected chi connectivity index (χ4v) is 4.63. The molecule has 3 heteroatoms. The van der Waals surface area contributed by atoms with E-state index in [0.717, 1.165) is 45.1 Å². The highest BCUT2D eigenvalue weighted by molar-refractivity contribution is 7.99. The first kappa shape index (κ1) is 12.0. The minimum atomic E-state index is 0.0770. The van der Waals surface area contributed by atoms with Crippen LogP contribution in [0.4, 0.5) is 0 Å². The maximum absolute atomic E-state index is 12.3. The lowest BCUT2D eigenvalue weighted by Crippen LogP contribution is -2.46. The van der Waals surface area contributed by atoms with Crippen LogP contribution in [0.5, 0.6) is 0 Å². The van der Waals surface area contributed by atoms with Gasteiger partial charge >= 0.3 is 0 Å². The molecule has 1 unspecified atom stereocenters. The van der Waals surface area contributed by atoms with Gasteiger partial charge in [-0.2, -0.15) is 11.8 Å². The molecule has 0 amide bonds. The molecule has 1 aliphatic carbocycles. The monoisotopic (exact) mass is 254 g/mol. The standard InChI is InChI=1S/C14H22O2S/c15-13(11-2-1-3-11)12-4-7-16-14(10-12)5-8-17-9-6-14/h11-12H,1-10H2. The number of carbonyl (C=O) groups excluding carboxylic acids is 1. The zero-order chi connectivity index (χ0) is 11.7. The van der Waals surface area contributed by atoms with Crippen molar-refractivity contribution < 1.29 is 9.53 Å². The molecule has 3 rings (SSSR count). The highest BCUT2D eigenvalue weighted by Gasteiger charge is 2.42. The third-order valence-electron chi connectivity index (χ3n) is 4.81. The fourth-order valence-electron chi connectivity index (χ4n) is 3.39. The van der Waals surface area contributed by atoms with Gasteiger partial charge in [-0.15, -0.1) is 0 Å². The number of ketones is 1. The van der Waals surface area contributed by atoms with Crippen molar-refractivity contribution in [1.29, 1.82) is 0 Å². The third kappa shape index (κ3) is 2.41. The van der Waals surface area contributed by atoms with Crippen LogP contribution < -0.4 is 0 Å². The van der Waals surface area contributed by atoms with Crippen molar-refractivity contribution in [2.24, 2.45) is 11.8 Å². The number of carbonyl (C=O) groups is 1. The Kier molecular flexibility index (Phi) is 3.49. The van der Waals surface area contributed by atoms with Gasteiger partial charge in [-0.05, 0) is 50.0 Å². The van der Waals surface area contributed by atoms with E-state index >= 15 is 0 Å². The normalized spacial score (nSPS) is 33.3. The second-order valence-electron chi connectivity index (χ2n) is 5.86. The Morgan fingerprint density at radius 3 is 2.53 bits per heavy atom. The first-order chi connectivity index (χ1) is 8.29. The molecule has 17 heavy (non-hydrogen) atoms. The van der Waals surface area contributed by atoms with Gasteiger partial charge < -0.3 is 4.74 Å². The van der Waals surface area contributed by atoms with Crippen LogP contribution in [0.15, 0.2) is 0 Å². The highest BCUT2D eigenvalue weighted by atomic mass is 32.2. The van der Waals surface area contributed by atoms with Crippen LogP contribution in [0.1, 0.15) is 44.9 Å². The molecule has 1 spiro atoms. The Labute approximate surface area is 108 Å². The molecule has 2 heterocycles. The quantitative estimate of drug-likeness (QED) is 0.757. The zero-order valence-corrected chi connectivity index (χ0v) is 11.3.